The Balaban J connectivity index is 1.73. The summed E-state index contributed by atoms with van der Waals surface area (Å²) >= 11 is 0. The molecule has 5 heteroatoms. The van der Waals surface area contributed by atoms with Gasteiger partial charge in [0.1, 0.15) is 5.84 Å². The maximum atomic E-state index is 8.70. The van der Waals surface area contributed by atoms with Crippen LogP contribution in [0.5, 0.6) is 0 Å². The minimum absolute atomic E-state index is 0.221. The molecule has 0 aliphatic carbocycles. The van der Waals surface area contributed by atoms with Crippen LogP contribution in [0.2, 0.25) is 0 Å². The predicted octanol–water partition coefficient (Wildman–Crippen LogP) is 1.01. The van der Waals surface area contributed by atoms with Crippen molar-refractivity contribution >= 4 is 5.84 Å². The maximum absolute atomic E-state index is 8.70. The summed E-state index contributed by atoms with van der Waals surface area (Å²) in [6, 6.07) is 0. The Morgan fingerprint density at radius 1 is 1.41 bits per heavy atom. The van der Waals surface area contributed by atoms with E-state index in [1.807, 2.05) is 0 Å². The molecule has 2 heterocycles. The summed E-state index contributed by atoms with van der Waals surface area (Å²) in [5, 5.41) is 11.8. The Morgan fingerprint density at radius 3 is 3.00 bits per heavy atom. The first-order valence-corrected chi connectivity index (χ1v) is 6.61. The fourth-order valence-corrected chi connectivity index (χ4v) is 2.78. The molecule has 3 N–H and O–H groups in total. The molecule has 0 amide bonds. The molecule has 17 heavy (non-hydrogen) atoms. The molecule has 0 saturated carbocycles. The molecule has 2 aliphatic rings. The van der Waals surface area contributed by atoms with Crippen molar-refractivity contribution in [1.82, 2.24) is 4.90 Å². The van der Waals surface area contributed by atoms with Crippen LogP contribution in [-0.4, -0.2) is 48.3 Å². The van der Waals surface area contributed by atoms with Crippen molar-refractivity contribution < 1.29 is 9.94 Å². The summed E-state index contributed by atoms with van der Waals surface area (Å²) < 4.78 is 5.62. The van der Waals surface area contributed by atoms with Crippen LogP contribution >= 0.6 is 0 Å². The highest BCUT2D eigenvalue weighted by Gasteiger charge is 2.24. The monoisotopic (exact) mass is 241 g/mol. The lowest BCUT2D eigenvalue weighted by Gasteiger charge is -2.32. The fraction of sp³-hybridized carbons (Fsp3) is 0.917. The highest BCUT2D eigenvalue weighted by molar-refractivity contribution is 5.82. The molecule has 2 rings (SSSR count). The van der Waals surface area contributed by atoms with Gasteiger partial charge >= 0.3 is 0 Å². The zero-order valence-corrected chi connectivity index (χ0v) is 10.3. The van der Waals surface area contributed by atoms with Gasteiger partial charge in [0, 0.05) is 25.6 Å². The number of hydrogen-bond acceptors (Lipinski definition) is 4. The minimum atomic E-state index is 0.221. The van der Waals surface area contributed by atoms with E-state index in [4.69, 9.17) is 15.7 Å². The topological polar surface area (TPSA) is 71.1 Å². The zero-order chi connectivity index (χ0) is 12.1. The van der Waals surface area contributed by atoms with Gasteiger partial charge in [-0.15, -0.1) is 0 Å². The molecule has 0 aromatic carbocycles. The third kappa shape index (κ3) is 3.57. The predicted molar refractivity (Wildman–Crippen MR) is 66.2 cm³/mol. The van der Waals surface area contributed by atoms with Crippen LogP contribution in [0, 0.1) is 5.92 Å². The molecule has 0 bridgehead atoms. The van der Waals surface area contributed by atoms with Crippen molar-refractivity contribution in [3.63, 3.8) is 0 Å². The molecule has 2 atom stereocenters. The highest BCUT2D eigenvalue weighted by atomic mass is 16.5. The van der Waals surface area contributed by atoms with Crippen molar-refractivity contribution in [2.24, 2.45) is 16.8 Å². The number of ether oxygens (including phenoxy) is 1. The van der Waals surface area contributed by atoms with Gasteiger partial charge in [0.05, 0.1) is 6.10 Å². The zero-order valence-electron chi connectivity index (χ0n) is 10.3. The number of oxime groups is 1. The smallest absolute Gasteiger partial charge is 0.143 e. The van der Waals surface area contributed by atoms with Crippen LogP contribution in [0.25, 0.3) is 0 Å². The quantitative estimate of drug-likeness (QED) is 0.333. The lowest BCUT2D eigenvalue weighted by atomic mass is 9.96. The first kappa shape index (κ1) is 12.6. The van der Waals surface area contributed by atoms with Gasteiger partial charge in [0.15, 0.2) is 0 Å². The molecule has 2 aliphatic heterocycles. The van der Waals surface area contributed by atoms with E-state index in [0.717, 1.165) is 45.5 Å². The molecular formula is C12H23N3O2. The summed E-state index contributed by atoms with van der Waals surface area (Å²) in [5.74, 6) is 0.602. The molecule has 2 fully saturated rings. The first-order valence-electron chi connectivity index (χ1n) is 6.61. The Bertz CT molecular complexity index is 264. The Hall–Kier alpha value is -0.810. The van der Waals surface area contributed by atoms with Crippen LogP contribution < -0.4 is 5.73 Å². The van der Waals surface area contributed by atoms with Gasteiger partial charge in [0.2, 0.25) is 0 Å². The van der Waals surface area contributed by atoms with E-state index in [2.05, 4.69) is 10.1 Å². The molecular weight excluding hydrogens is 218 g/mol. The third-order valence-corrected chi connectivity index (χ3v) is 3.83. The summed E-state index contributed by atoms with van der Waals surface area (Å²) in [5.41, 5.74) is 5.68. The average Bonchev–Trinajstić information content (AvgIpc) is 2.89. The molecule has 0 spiro atoms. The van der Waals surface area contributed by atoms with Crippen LogP contribution in [-0.2, 0) is 4.74 Å². The van der Waals surface area contributed by atoms with Gasteiger partial charge in [-0.3, -0.25) is 0 Å². The van der Waals surface area contributed by atoms with E-state index >= 15 is 0 Å². The van der Waals surface area contributed by atoms with Crippen molar-refractivity contribution in [2.75, 3.05) is 26.2 Å². The summed E-state index contributed by atoms with van der Waals surface area (Å²) in [6.07, 6.45) is 6.15. The van der Waals surface area contributed by atoms with E-state index in [1.165, 1.54) is 12.8 Å². The number of amidine groups is 1. The SMILES string of the molecule is N/C(=N\O)C1CCCN(CCC2CCCO2)C1. The minimum Gasteiger partial charge on any atom is -0.409 e. The van der Waals surface area contributed by atoms with Crippen molar-refractivity contribution in [1.29, 1.82) is 0 Å². The van der Waals surface area contributed by atoms with Gasteiger partial charge in [0.25, 0.3) is 0 Å². The Morgan fingerprint density at radius 2 is 2.29 bits per heavy atom. The second kappa shape index (κ2) is 6.21. The molecule has 2 unspecified atom stereocenters. The number of nitrogens with zero attached hydrogens (tertiary/aromatic N) is 2. The number of nitrogens with two attached hydrogens (primary N) is 1. The summed E-state index contributed by atoms with van der Waals surface area (Å²) in [4.78, 5) is 2.41. The van der Waals surface area contributed by atoms with Gasteiger partial charge in [-0.25, -0.2) is 0 Å². The van der Waals surface area contributed by atoms with Crippen LogP contribution in [0.1, 0.15) is 32.1 Å². The third-order valence-electron chi connectivity index (χ3n) is 3.83. The highest BCUT2D eigenvalue weighted by Crippen LogP contribution is 2.20. The summed E-state index contributed by atoms with van der Waals surface area (Å²) in [6.45, 7) is 4.04. The van der Waals surface area contributed by atoms with E-state index in [-0.39, 0.29) is 5.92 Å². The molecule has 98 valence electrons. The van der Waals surface area contributed by atoms with Gasteiger partial charge < -0.3 is 20.6 Å². The first-order chi connectivity index (χ1) is 8.29. The summed E-state index contributed by atoms with van der Waals surface area (Å²) in [7, 11) is 0. The van der Waals surface area contributed by atoms with E-state index in [1.54, 1.807) is 0 Å². The number of rotatable bonds is 4. The van der Waals surface area contributed by atoms with E-state index in [9.17, 15) is 0 Å². The standard InChI is InChI=1S/C12H23N3O2/c13-12(14-16)10-3-1-6-15(9-10)7-5-11-4-2-8-17-11/h10-11,16H,1-9H2,(H2,13,14). The molecule has 0 radical (unpaired) electrons. The lowest BCUT2D eigenvalue weighted by Crippen LogP contribution is -2.42. The molecule has 2 saturated heterocycles. The number of likely N-dealkylation sites (tertiary alicyclic amines) is 1. The Labute approximate surface area is 103 Å². The van der Waals surface area contributed by atoms with Gasteiger partial charge in [-0.1, -0.05) is 5.16 Å². The number of hydrogen-bond donors (Lipinski definition) is 2. The van der Waals surface area contributed by atoms with Crippen LogP contribution in [0.3, 0.4) is 0 Å². The lowest BCUT2D eigenvalue weighted by molar-refractivity contribution is 0.0864. The fourth-order valence-electron chi connectivity index (χ4n) is 2.78. The second-order valence-corrected chi connectivity index (χ2v) is 5.09. The van der Waals surface area contributed by atoms with Crippen molar-refractivity contribution in [3.05, 3.63) is 0 Å². The number of piperidine rings is 1. The van der Waals surface area contributed by atoms with Crippen molar-refractivity contribution in [3.8, 4) is 0 Å². The second-order valence-electron chi connectivity index (χ2n) is 5.09. The Kier molecular flexibility index (Phi) is 4.62. The molecule has 5 nitrogen and oxygen atoms in total. The van der Waals surface area contributed by atoms with Crippen LogP contribution in [0.15, 0.2) is 5.16 Å². The van der Waals surface area contributed by atoms with Crippen molar-refractivity contribution in [2.45, 2.75) is 38.2 Å². The van der Waals surface area contributed by atoms with Gasteiger partial charge in [-0.05, 0) is 38.6 Å². The van der Waals surface area contributed by atoms with Gasteiger partial charge in [-0.2, -0.15) is 0 Å². The molecule has 0 aromatic heterocycles. The normalized spacial score (nSPS) is 31.9. The van der Waals surface area contributed by atoms with E-state index in [0.29, 0.717) is 11.9 Å². The average molecular weight is 241 g/mol. The largest absolute Gasteiger partial charge is 0.409 e. The maximum Gasteiger partial charge on any atom is 0.143 e. The van der Waals surface area contributed by atoms with E-state index < -0.39 is 0 Å². The van der Waals surface area contributed by atoms with Crippen LogP contribution in [0.4, 0.5) is 0 Å². The molecule has 0 aromatic rings.